The summed E-state index contributed by atoms with van der Waals surface area (Å²) < 4.78 is 12.3. The average Bonchev–Trinajstić information content (AvgIpc) is 2.96. The number of rotatable bonds is 6. The van der Waals surface area contributed by atoms with E-state index >= 15 is 0 Å². The highest BCUT2D eigenvalue weighted by Gasteiger charge is 2.23. The predicted octanol–water partition coefficient (Wildman–Crippen LogP) is 4.17. The molecule has 0 spiro atoms. The lowest BCUT2D eigenvalue weighted by Gasteiger charge is -2.15. The normalized spacial score (nSPS) is 11.7. The Balaban J connectivity index is 2.29. The number of carbonyl (C=O) groups excluding carboxylic acids is 2. The smallest absolute Gasteiger partial charge is 0.349 e. The van der Waals surface area contributed by atoms with Gasteiger partial charge in [-0.15, -0.1) is 0 Å². The molecule has 1 aromatic heterocycles. The third-order valence-electron chi connectivity index (χ3n) is 4.61. The van der Waals surface area contributed by atoms with Crippen molar-refractivity contribution < 1.29 is 19.1 Å². The van der Waals surface area contributed by atoms with Gasteiger partial charge in [0.15, 0.2) is 12.4 Å². The zero-order chi connectivity index (χ0) is 21.8. The van der Waals surface area contributed by atoms with Crippen LogP contribution in [0.4, 0.5) is 0 Å². The Morgan fingerprint density at radius 1 is 1.17 bits per heavy atom. The molecule has 152 valence electrons. The highest BCUT2D eigenvalue weighted by atomic mass is 16.5. The largest absolute Gasteiger partial charge is 0.497 e. The number of esters is 1. The van der Waals surface area contributed by atoms with Gasteiger partial charge in [0.05, 0.1) is 7.11 Å². The molecule has 0 aliphatic carbocycles. The molecule has 0 bridgehead atoms. The first-order valence-corrected chi connectivity index (χ1v) is 9.24. The first-order chi connectivity index (χ1) is 13.6. The van der Waals surface area contributed by atoms with Crippen molar-refractivity contribution in [2.24, 2.45) is 5.41 Å². The number of Topliss-reactive ketones (excluding diaryl/α,β-unsaturated/α-hetero) is 1. The summed E-state index contributed by atoms with van der Waals surface area (Å²) in [6, 6.07) is 11.4. The molecular formula is C23H26N2O4. The minimum Gasteiger partial charge on any atom is -0.497 e. The zero-order valence-corrected chi connectivity index (χ0v) is 17.7. The van der Waals surface area contributed by atoms with Gasteiger partial charge in [0.1, 0.15) is 17.4 Å². The van der Waals surface area contributed by atoms with Gasteiger partial charge in [-0.25, -0.2) is 4.79 Å². The maximum absolute atomic E-state index is 12.3. The number of aromatic nitrogens is 1. The van der Waals surface area contributed by atoms with Gasteiger partial charge in [0.2, 0.25) is 0 Å². The van der Waals surface area contributed by atoms with Crippen molar-refractivity contribution in [3.05, 3.63) is 52.9 Å². The summed E-state index contributed by atoms with van der Waals surface area (Å²) in [6.45, 7) is 8.74. The minimum atomic E-state index is -0.806. The number of hydrogen-bond acceptors (Lipinski definition) is 5. The molecule has 0 aliphatic rings. The summed E-state index contributed by atoms with van der Waals surface area (Å²) >= 11 is 0. The fourth-order valence-electron chi connectivity index (χ4n) is 2.78. The molecule has 2 rings (SSSR count). The van der Waals surface area contributed by atoms with Gasteiger partial charge in [-0.2, -0.15) is 5.26 Å². The third-order valence-corrected chi connectivity index (χ3v) is 4.61. The van der Waals surface area contributed by atoms with Crippen LogP contribution in [0.5, 0.6) is 5.75 Å². The van der Waals surface area contributed by atoms with Crippen LogP contribution < -0.4 is 4.74 Å². The van der Waals surface area contributed by atoms with Crippen LogP contribution in [0.25, 0.3) is 11.8 Å². The standard InChI is InChI=1S/C23H26N2O4/c1-15-11-17(16(2)25(15)19-7-9-20(28-6)10-8-19)12-18(13-24)22(27)29-14-21(26)23(3,4)5/h7-12H,14H2,1-6H3/b18-12+. The highest BCUT2D eigenvalue weighted by Crippen LogP contribution is 2.24. The molecule has 0 radical (unpaired) electrons. The third kappa shape index (κ3) is 5.14. The SMILES string of the molecule is COc1ccc(-n2c(C)cc(/C=C(\C#N)C(=O)OCC(=O)C(C)(C)C)c2C)cc1. The summed E-state index contributed by atoms with van der Waals surface area (Å²) in [5, 5.41) is 9.40. The van der Waals surface area contributed by atoms with E-state index in [4.69, 9.17) is 9.47 Å². The molecular weight excluding hydrogens is 368 g/mol. The Morgan fingerprint density at radius 2 is 1.79 bits per heavy atom. The number of aryl methyl sites for hydroxylation is 1. The molecule has 0 amide bonds. The molecule has 6 nitrogen and oxygen atoms in total. The number of ether oxygens (including phenoxy) is 2. The number of hydrogen-bond donors (Lipinski definition) is 0. The Labute approximate surface area is 171 Å². The molecule has 1 heterocycles. The lowest BCUT2D eigenvalue weighted by Crippen LogP contribution is -2.26. The Morgan fingerprint density at radius 3 is 2.31 bits per heavy atom. The molecule has 0 atom stereocenters. The number of ketones is 1. The Bertz CT molecular complexity index is 984. The second-order valence-corrected chi connectivity index (χ2v) is 7.78. The van der Waals surface area contributed by atoms with Gasteiger partial charge in [-0.1, -0.05) is 20.8 Å². The highest BCUT2D eigenvalue weighted by molar-refractivity contribution is 5.99. The monoisotopic (exact) mass is 394 g/mol. The van der Waals surface area contributed by atoms with Crippen LogP contribution in [0.1, 0.15) is 37.7 Å². The molecule has 0 aliphatic heterocycles. The first-order valence-electron chi connectivity index (χ1n) is 9.24. The lowest BCUT2D eigenvalue weighted by molar-refractivity contribution is -0.146. The average molecular weight is 394 g/mol. The summed E-state index contributed by atoms with van der Waals surface area (Å²) in [5.74, 6) is -0.254. The first kappa shape index (κ1) is 22.0. The van der Waals surface area contributed by atoms with E-state index in [0.717, 1.165) is 28.4 Å². The summed E-state index contributed by atoms with van der Waals surface area (Å²) in [5.41, 5.74) is 2.74. The number of carbonyl (C=O) groups is 2. The van der Waals surface area contributed by atoms with Gasteiger partial charge < -0.3 is 14.0 Å². The summed E-state index contributed by atoms with van der Waals surface area (Å²) in [4.78, 5) is 24.2. The fraction of sp³-hybridized carbons (Fsp3) is 0.348. The zero-order valence-electron chi connectivity index (χ0n) is 17.7. The quantitative estimate of drug-likeness (QED) is 0.417. The fourth-order valence-corrected chi connectivity index (χ4v) is 2.78. The van der Waals surface area contributed by atoms with E-state index in [1.54, 1.807) is 27.9 Å². The van der Waals surface area contributed by atoms with E-state index in [9.17, 15) is 14.9 Å². The van der Waals surface area contributed by atoms with Crippen molar-refractivity contribution >= 4 is 17.8 Å². The van der Waals surface area contributed by atoms with E-state index in [1.807, 2.05) is 54.8 Å². The predicted molar refractivity (Wildman–Crippen MR) is 111 cm³/mol. The van der Waals surface area contributed by atoms with E-state index < -0.39 is 11.4 Å². The maximum atomic E-state index is 12.3. The van der Waals surface area contributed by atoms with E-state index in [2.05, 4.69) is 0 Å². The minimum absolute atomic E-state index is 0.151. The van der Waals surface area contributed by atoms with Crippen molar-refractivity contribution in [3.8, 4) is 17.5 Å². The van der Waals surface area contributed by atoms with Crippen molar-refractivity contribution in [1.29, 1.82) is 5.26 Å². The molecule has 0 unspecified atom stereocenters. The van der Waals surface area contributed by atoms with Gasteiger partial charge in [-0.3, -0.25) is 4.79 Å². The molecule has 0 N–H and O–H groups in total. The van der Waals surface area contributed by atoms with Crippen molar-refractivity contribution in [2.45, 2.75) is 34.6 Å². The van der Waals surface area contributed by atoms with Crippen molar-refractivity contribution in [3.63, 3.8) is 0 Å². The Kier molecular flexibility index (Phi) is 6.65. The van der Waals surface area contributed by atoms with Gasteiger partial charge >= 0.3 is 5.97 Å². The molecule has 29 heavy (non-hydrogen) atoms. The van der Waals surface area contributed by atoms with E-state index in [0.29, 0.717) is 0 Å². The summed E-state index contributed by atoms with van der Waals surface area (Å²) in [6.07, 6.45) is 1.49. The second-order valence-electron chi connectivity index (χ2n) is 7.78. The van der Waals surface area contributed by atoms with Crippen LogP contribution >= 0.6 is 0 Å². The van der Waals surface area contributed by atoms with E-state index in [1.165, 1.54) is 6.08 Å². The van der Waals surface area contributed by atoms with Crippen LogP contribution in [0.3, 0.4) is 0 Å². The van der Waals surface area contributed by atoms with E-state index in [-0.39, 0.29) is 18.0 Å². The molecule has 0 fully saturated rings. The number of benzene rings is 1. The molecule has 0 saturated heterocycles. The summed E-state index contributed by atoms with van der Waals surface area (Å²) in [7, 11) is 1.61. The van der Waals surface area contributed by atoms with Crippen LogP contribution in [0.2, 0.25) is 0 Å². The van der Waals surface area contributed by atoms with Crippen LogP contribution in [-0.4, -0.2) is 30.0 Å². The Hall–Kier alpha value is -3.33. The van der Waals surface area contributed by atoms with Crippen molar-refractivity contribution in [1.82, 2.24) is 4.57 Å². The van der Waals surface area contributed by atoms with Crippen LogP contribution in [0, 0.1) is 30.6 Å². The molecule has 0 saturated carbocycles. The maximum Gasteiger partial charge on any atom is 0.349 e. The van der Waals surface area contributed by atoms with Gasteiger partial charge in [0.25, 0.3) is 0 Å². The number of nitriles is 1. The topological polar surface area (TPSA) is 81.3 Å². The number of methoxy groups -OCH3 is 1. The molecule has 1 aromatic carbocycles. The number of nitrogens with zero attached hydrogens (tertiary/aromatic N) is 2. The second kappa shape index (κ2) is 8.78. The molecule has 2 aromatic rings. The lowest BCUT2D eigenvalue weighted by atomic mass is 9.91. The van der Waals surface area contributed by atoms with Crippen LogP contribution in [0.15, 0.2) is 35.9 Å². The van der Waals surface area contributed by atoms with Gasteiger partial charge in [0, 0.05) is 22.5 Å². The molecule has 6 heteroatoms. The van der Waals surface area contributed by atoms with Gasteiger partial charge in [-0.05, 0) is 55.8 Å². The van der Waals surface area contributed by atoms with Crippen LogP contribution in [-0.2, 0) is 14.3 Å². The van der Waals surface area contributed by atoms with Crippen molar-refractivity contribution in [2.75, 3.05) is 13.7 Å².